The molecule has 2 rings (SSSR count). The van der Waals surface area contributed by atoms with Crippen LogP contribution >= 0.6 is 0 Å². The summed E-state index contributed by atoms with van der Waals surface area (Å²) in [6.45, 7) is 4.83. The van der Waals surface area contributed by atoms with E-state index >= 15 is 0 Å². The van der Waals surface area contributed by atoms with Crippen molar-refractivity contribution in [2.24, 2.45) is 15.9 Å². The van der Waals surface area contributed by atoms with Crippen LogP contribution in [0.1, 0.15) is 31.4 Å². The van der Waals surface area contributed by atoms with Crippen LogP contribution in [-0.4, -0.2) is 35.2 Å². The molecule has 1 atom stereocenters. The number of aliphatic imine (C=N–C) groups is 2. The highest BCUT2D eigenvalue weighted by Gasteiger charge is 2.08. The number of aromatic hydroxyl groups is 2. The lowest BCUT2D eigenvalue weighted by molar-refractivity contribution is 0.473. The van der Waals surface area contributed by atoms with Crippen LogP contribution in [-0.2, 0) is 0 Å². The second-order valence-corrected chi connectivity index (χ2v) is 6.17. The first-order valence-corrected chi connectivity index (χ1v) is 8.15. The van der Waals surface area contributed by atoms with Crippen LogP contribution in [0.2, 0.25) is 0 Å². The van der Waals surface area contributed by atoms with Crippen molar-refractivity contribution in [3.8, 4) is 11.5 Å². The molecule has 0 fully saturated rings. The van der Waals surface area contributed by atoms with Gasteiger partial charge in [-0.05, 0) is 36.6 Å². The van der Waals surface area contributed by atoms with Crippen LogP contribution in [0.25, 0.3) is 0 Å². The van der Waals surface area contributed by atoms with Crippen molar-refractivity contribution >= 4 is 12.4 Å². The molecule has 0 heterocycles. The third-order valence-corrected chi connectivity index (χ3v) is 3.59. The van der Waals surface area contributed by atoms with Crippen molar-refractivity contribution in [1.29, 1.82) is 0 Å². The van der Waals surface area contributed by atoms with Gasteiger partial charge in [0.1, 0.15) is 11.5 Å². The number of phenolic OH excluding ortho intramolecular Hbond substituents is 2. The van der Waals surface area contributed by atoms with Crippen molar-refractivity contribution in [2.45, 2.75) is 26.3 Å². The van der Waals surface area contributed by atoms with Gasteiger partial charge in [-0.25, -0.2) is 0 Å². The molecule has 2 N–H and O–H groups in total. The van der Waals surface area contributed by atoms with Gasteiger partial charge in [-0.15, -0.1) is 0 Å². The quantitative estimate of drug-likeness (QED) is 0.755. The number of hydrogen-bond acceptors (Lipinski definition) is 4. The molecule has 0 radical (unpaired) electrons. The van der Waals surface area contributed by atoms with Crippen LogP contribution in [0.3, 0.4) is 0 Å². The summed E-state index contributed by atoms with van der Waals surface area (Å²) in [5.41, 5.74) is 1.40. The standard InChI is InChI=1S/C20H24N2O2/c1-15(2)11-18(22-13-17-8-4-6-10-20(17)24)14-21-12-16-7-3-5-9-19(16)23/h3-10,12-13,15,18,23-24H,11,14H2,1-2H3. The van der Waals surface area contributed by atoms with E-state index in [0.717, 1.165) is 6.42 Å². The lowest BCUT2D eigenvalue weighted by atomic mass is 10.0. The Morgan fingerprint density at radius 1 is 0.875 bits per heavy atom. The second kappa shape index (κ2) is 8.87. The zero-order valence-electron chi connectivity index (χ0n) is 14.1. The molecule has 0 saturated heterocycles. The molecule has 0 aromatic heterocycles. The number of hydrogen-bond donors (Lipinski definition) is 2. The Bertz CT molecular complexity index is 708. The number of benzene rings is 2. The van der Waals surface area contributed by atoms with E-state index in [1.807, 2.05) is 24.3 Å². The molecule has 0 aliphatic rings. The van der Waals surface area contributed by atoms with E-state index in [1.165, 1.54) is 0 Å². The van der Waals surface area contributed by atoms with Crippen molar-refractivity contribution in [2.75, 3.05) is 6.54 Å². The molecule has 24 heavy (non-hydrogen) atoms. The highest BCUT2D eigenvalue weighted by atomic mass is 16.3. The molecule has 0 aliphatic carbocycles. The van der Waals surface area contributed by atoms with Gasteiger partial charge < -0.3 is 10.2 Å². The highest BCUT2D eigenvalue weighted by molar-refractivity contribution is 5.84. The Morgan fingerprint density at radius 3 is 1.96 bits per heavy atom. The summed E-state index contributed by atoms with van der Waals surface area (Å²) in [6, 6.07) is 14.3. The third kappa shape index (κ3) is 5.54. The van der Waals surface area contributed by atoms with Crippen LogP contribution in [0.15, 0.2) is 58.5 Å². The fourth-order valence-corrected chi connectivity index (χ4v) is 2.38. The molecule has 1 unspecified atom stereocenters. The Hall–Kier alpha value is -2.62. The molecular formula is C20H24N2O2. The Kier molecular flexibility index (Phi) is 6.55. The third-order valence-electron chi connectivity index (χ3n) is 3.59. The predicted molar refractivity (Wildman–Crippen MR) is 99.5 cm³/mol. The first kappa shape index (κ1) is 17.7. The number of para-hydroxylation sites is 2. The predicted octanol–water partition coefficient (Wildman–Crippen LogP) is 4.05. The Balaban J connectivity index is 2.06. The topological polar surface area (TPSA) is 65.2 Å². The summed E-state index contributed by atoms with van der Waals surface area (Å²) < 4.78 is 0. The highest BCUT2D eigenvalue weighted by Crippen LogP contribution is 2.16. The normalized spacial score (nSPS) is 13.1. The van der Waals surface area contributed by atoms with Crippen LogP contribution in [0.4, 0.5) is 0 Å². The maximum absolute atomic E-state index is 9.81. The fraction of sp³-hybridized carbons (Fsp3) is 0.300. The monoisotopic (exact) mass is 324 g/mol. The molecule has 2 aromatic carbocycles. The van der Waals surface area contributed by atoms with Crippen molar-refractivity contribution < 1.29 is 10.2 Å². The average Bonchev–Trinajstić information content (AvgIpc) is 2.55. The van der Waals surface area contributed by atoms with E-state index in [0.29, 0.717) is 23.6 Å². The molecule has 2 aromatic rings. The summed E-state index contributed by atoms with van der Waals surface area (Å²) in [7, 11) is 0. The molecule has 4 heteroatoms. The smallest absolute Gasteiger partial charge is 0.124 e. The average molecular weight is 324 g/mol. The second-order valence-electron chi connectivity index (χ2n) is 6.17. The van der Waals surface area contributed by atoms with Gasteiger partial charge in [0.2, 0.25) is 0 Å². The molecule has 4 nitrogen and oxygen atoms in total. The Labute approximate surface area is 143 Å². The number of rotatable bonds is 7. The first-order valence-electron chi connectivity index (χ1n) is 8.15. The Morgan fingerprint density at radius 2 is 1.42 bits per heavy atom. The summed E-state index contributed by atoms with van der Waals surface area (Å²) in [5, 5.41) is 19.6. The summed E-state index contributed by atoms with van der Waals surface area (Å²) in [4.78, 5) is 9.02. The van der Waals surface area contributed by atoms with E-state index in [-0.39, 0.29) is 17.5 Å². The number of phenols is 2. The van der Waals surface area contributed by atoms with Crippen molar-refractivity contribution in [3.05, 3.63) is 59.7 Å². The number of nitrogens with zero attached hydrogens (tertiary/aromatic N) is 2. The van der Waals surface area contributed by atoms with Gasteiger partial charge in [0.05, 0.1) is 12.6 Å². The summed E-state index contributed by atoms with van der Waals surface area (Å²) >= 11 is 0. The van der Waals surface area contributed by atoms with Gasteiger partial charge in [0.15, 0.2) is 0 Å². The van der Waals surface area contributed by atoms with Gasteiger partial charge >= 0.3 is 0 Å². The van der Waals surface area contributed by atoms with Gasteiger partial charge in [0.25, 0.3) is 0 Å². The molecule has 0 amide bonds. The zero-order valence-corrected chi connectivity index (χ0v) is 14.1. The van der Waals surface area contributed by atoms with E-state index in [2.05, 4.69) is 23.8 Å². The summed E-state index contributed by atoms with van der Waals surface area (Å²) in [5.74, 6) is 0.943. The van der Waals surface area contributed by atoms with Crippen LogP contribution < -0.4 is 0 Å². The van der Waals surface area contributed by atoms with E-state index in [4.69, 9.17) is 0 Å². The van der Waals surface area contributed by atoms with Crippen LogP contribution in [0.5, 0.6) is 11.5 Å². The van der Waals surface area contributed by atoms with Gasteiger partial charge in [-0.3, -0.25) is 9.98 Å². The molecule has 0 saturated carbocycles. The van der Waals surface area contributed by atoms with Crippen molar-refractivity contribution in [3.63, 3.8) is 0 Å². The fourth-order valence-electron chi connectivity index (χ4n) is 2.38. The molecule has 126 valence electrons. The maximum atomic E-state index is 9.81. The van der Waals surface area contributed by atoms with Gasteiger partial charge in [-0.1, -0.05) is 38.1 Å². The lowest BCUT2D eigenvalue weighted by Crippen LogP contribution is -2.13. The molecule has 0 bridgehead atoms. The van der Waals surface area contributed by atoms with Crippen LogP contribution in [0, 0.1) is 5.92 Å². The molecular weight excluding hydrogens is 300 g/mol. The minimum absolute atomic E-state index is 0.0340. The van der Waals surface area contributed by atoms with Gasteiger partial charge in [-0.2, -0.15) is 0 Å². The molecule has 0 spiro atoms. The van der Waals surface area contributed by atoms with E-state index in [9.17, 15) is 10.2 Å². The lowest BCUT2D eigenvalue weighted by Gasteiger charge is -2.12. The minimum atomic E-state index is 0.0340. The van der Waals surface area contributed by atoms with E-state index in [1.54, 1.807) is 36.7 Å². The van der Waals surface area contributed by atoms with Gasteiger partial charge in [0, 0.05) is 23.6 Å². The molecule has 0 aliphatic heterocycles. The summed E-state index contributed by atoms with van der Waals surface area (Å²) in [6.07, 6.45) is 4.29. The SMILES string of the molecule is CC(C)CC(CN=Cc1ccccc1O)N=Cc1ccccc1O. The van der Waals surface area contributed by atoms with E-state index < -0.39 is 0 Å². The maximum Gasteiger partial charge on any atom is 0.124 e. The van der Waals surface area contributed by atoms with Crippen molar-refractivity contribution in [1.82, 2.24) is 0 Å². The minimum Gasteiger partial charge on any atom is -0.507 e. The largest absolute Gasteiger partial charge is 0.507 e. The zero-order chi connectivity index (χ0) is 17.4. The first-order chi connectivity index (χ1) is 11.6.